The molecule has 3 rings (SSSR count). The Hall–Kier alpha value is -1.51. The molecule has 2 unspecified atom stereocenters. The molecule has 3 heteroatoms. The van der Waals surface area contributed by atoms with Crippen LogP contribution in [-0.4, -0.2) is 16.2 Å². The fourth-order valence-electron chi connectivity index (χ4n) is 3.77. The molecule has 1 saturated carbocycles. The maximum atomic E-state index is 4.13. The highest BCUT2D eigenvalue weighted by atomic mass is 15.1. The molecule has 3 nitrogen and oxygen atoms in total. The number of hydrogen-bond acceptors (Lipinski definition) is 2. The molecule has 2 atom stereocenters. The summed E-state index contributed by atoms with van der Waals surface area (Å²) in [6, 6.07) is 6.88. The summed E-state index contributed by atoms with van der Waals surface area (Å²) in [4.78, 5) is 0. The molecule has 1 fully saturated rings. The van der Waals surface area contributed by atoms with Gasteiger partial charge in [-0.2, -0.15) is 5.10 Å². The Morgan fingerprint density at radius 3 is 2.95 bits per heavy atom. The van der Waals surface area contributed by atoms with Gasteiger partial charge in [0.2, 0.25) is 0 Å². The first-order valence-electron chi connectivity index (χ1n) is 7.22. The number of aromatic nitrogens is 2. The Morgan fingerprint density at radius 2 is 2.16 bits per heavy atom. The monoisotopic (exact) mass is 257 g/mol. The maximum Gasteiger partial charge on any atom is 0.0671 e. The van der Waals surface area contributed by atoms with Gasteiger partial charge in [0, 0.05) is 17.1 Å². The first-order valence-corrected chi connectivity index (χ1v) is 7.22. The molecule has 2 N–H and O–H groups in total. The van der Waals surface area contributed by atoms with Crippen LogP contribution in [0.3, 0.4) is 0 Å². The van der Waals surface area contributed by atoms with Crippen molar-refractivity contribution in [3.63, 3.8) is 0 Å². The van der Waals surface area contributed by atoms with Gasteiger partial charge in [0.25, 0.3) is 0 Å². The number of H-pyrrole nitrogens is 1. The topological polar surface area (TPSA) is 40.7 Å². The predicted molar refractivity (Wildman–Crippen MR) is 80.3 cm³/mol. The molecule has 1 heterocycles. The third-order valence-electron chi connectivity index (χ3n) is 4.23. The second-order valence-electron chi connectivity index (χ2n) is 6.89. The Bertz CT molecular complexity index is 570. The van der Waals surface area contributed by atoms with Gasteiger partial charge in [-0.3, -0.25) is 5.10 Å². The average molecular weight is 257 g/mol. The summed E-state index contributed by atoms with van der Waals surface area (Å²) in [5.74, 6) is 0.796. The predicted octanol–water partition coefficient (Wildman–Crippen LogP) is 4.19. The molecule has 0 bridgehead atoms. The fraction of sp³-hybridized carbons (Fsp3) is 0.562. The first kappa shape index (κ1) is 12.5. The summed E-state index contributed by atoms with van der Waals surface area (Å²) in [7, 11) is 0. The minimum Gasteiger partial charge on any atom is -0.382 e. The number of rotatable bonds is 2. The van der Waals surface area contributed by atoms with Crippen molar-refractivity contribution in [1.29, 1.82) is 0 Å². The largest absolute Gasteiger partial charge is 0.382 e. The summed E-state index contributed by atoms with van der Waals surface area (Å²) < 4.78 is 0. The lowest BCUT2D eigenvalue weighted by Crippen LogP contribution is -2.35. The number of fused-ring (bicyclic) bond motifs is 1. The summed E-state index contributed by atoms with van der Waals surface area (Å²) in [6.07, 6.45) is 5.75. The third-order valence-corrected chi connectivity index (χ3v) is 4.23. The van der Waals surface area contributed by atoms with E-state index in [-0.39, 0.29) is 0 Å². The van der Waals surface area contributed by atoms with Gasteiger partial charge in [-0.05, 0) is 42.7 Å². The summed E-state index contributed by atoms with van der Waals surface area (Å²) in [5.41, 5.74) is 2.76. The maximum absolute atomic E-state index is 4.13. The van der Waals surface area contributed by atoms with E-state index < -0.39 is 0 Å². The Morgan fingerprint density at radius 1 is 1.32 bits per heavy atom. The molecule has 102 valence electrons. The van der Waals surface area contributed by atoms with E-state index in [1.165, 1.54) is 30.3 Å². The second-order valence-corrected chi connectivity index (χ2v) is 6.89. The van der Waals surface area contributed by atoms with Crippen LogP contribution in [0, 0.1) is 11.3 Å². The zero-order valence-electron chi connectivity index (χ0n) is 12.0. The van der Waals surface area contributed by atoms with Crippen LogP contribution in [0.1, 0.15) is 40.0 Å². The molecule has 19 heavy (non-hydrogen) atoms. The second kappa shape index (κ2) is 4.55. The SMILES string of the molecule is CC1CC(Nc2cccc3[nH]ncc23)CC(C)(C)C1. The standard InChI is InChI=1S/C16H23N3/c1-11-7-12(9-16(2,3)8-11)18-14-5-4-6-15-13(14)10-17-19-15/h4-6,10-12,18H,7-9H2,1-3H3,(H,17,19). The van der Waals surface area contributed by atoms with E-state index in [1.54, 1.807) is 0 Å². The van der Waals surface area contributed by atoms with E-state index in [2.05, 4.69) is 54.5 Å². The van der Waals surface area contributed by atoms with E-state index in [9.17, 15) is 0 Å². The van der Waals surface area contributed by atoms with Gasteiger partial charge >= 0.3 is 0 Å². The van der Waals surface area contributed by atoms with Crippen molar-refractivity contribution in [2.24, 2.45) is 11.3 Å². The zero-order chi connectivity index (χ0) is 13.5. The Balaban J connectivity index is 1.83. The molecule has 0 spiro atoms. The van der Waals surface area contributed by atoms with E-state index >= 15 is 0 Å². The minimum absolute atomic E-state index is 0.444. The van der Waals surface area contributed by atoms with Crippen molar-refractivity contribution < 1.29 is 0 Å². The van der Waals surface area contributed by atoms with Crippen molar-refractivity contribution in [2.75, 3.05) is 5.32 Å². The van der Waals surface area contributed by atoms with Gasteiger partial charge in [-0.25, -0.2) is 0 Å². The number of benzene rings is 1. The number of nitrogens with zero attached hydrogens (tertiary/aromatic N) is 1. The van der Waals surface area contributed by atoms with Crippen LogP contribution in [0.15, 0.2) is 24.4 Å². The molecule has 1 aromatic heterocycles. The summed E-state index contributed by atoms with van der Waals surface area (Å²) in [5, 5.41) is 12.1. The minimum atomic E-state index is 0.444. The lowest BCUT2D eigenvalue weighted by atomic mass is 9.70. The highest BCUT2D eigenvalue weighted by molar-refractivity contribution is 5.90. The molecule has 1 aliphatic carbocycles. The average Bonchev–Trinajstić information content (AvgIpc) is 2.75. The Kier molecular flexibility index (Phi) is 3.00. The fourth-order valence-corrected chi connectivity index (χ4v) is 3.77. The van der Waals surface area contributed by atoms with Crippen LogP contribution in [0.4, 0.5) is 5.69 Å². The number of hydrogen-bond donors (Lipinski definition) is 2. The van der Waals surface area contributed by atoms with Crippen molar-refractivity contribution in [2.45, 2.75) is 46.1 Å². The third kappa shape index (κ3) is 2.60. The van der Waals surface area contributed by atoms with Crippen LogP contribution >= 0.6 is 0 Å². The van der Waals surface area contributed by atoms with E-state index in [0.29, 0.717) is 11.5 Å². The quantitative estimate of drug-likeness (QED) is 0.847. The highest BCUT2D eigenvalue weighted by Crippen LogP contribution is 2.40. The van der Waals surface area contributed by atoms with Crippen LogP contribution in [-0.2, 0) is 0 Å². The smallest absolute Gasteiger partial charge is 0.0671 e. The Labute approximate surface area is 114 Å². The highest BCUT2D eigenvalue weighted by Gasteiger charge is 2.32. The lowest BCUT2D eigenvalue weighted by molar-refractivity contribution is 0.178. The van der Waals surface area contributed by atoms with Crippen molar-refractivity contribution in [3.05, 3.63) is 24.4 Å². The molecule has 0 amide bonds. The molecular formula is C16H23N3. The normalized spacial score (nSPS) is 26.5. The summed E-state index contributed by atoms with van der Waals surface area (Å²) >= 11 is 0. The number of aromatic amines is 1. The van der Waals surface area contributed by atoms with Gasteiger partial charge in [0.15, 0.2) is 0 Å². The molecule has 0 saturated heterocycles. The van der Waals surface area contributed by atoms with Gasteiger partial charge in [0.05, 0.1) is 11.7 Å². The molecule has 0 radical (unpaired) electrons. The molecule has 0 aliphatic heterocycles. The van der Waals surface area contributed by atoms with Crippen LogP contribution in [0.5, 0.6) is 0 Å². The molecule has 1 aliphatic rings. The van der Waals surface area contributed by atoms with Crippen LogP contribution in [0.2, 0.25) is 0 Å². The van der Waals surface area contributed by atoms with E-state index in [0.717, 1.165) is 11.4 Å². The van der Waals surface area contributed by atoms with Gasteiger partial charge in [-0.1, -0.05) is 26.8 Å². The van der Waals surface area contributed by atoms with Gasteiger partial charge in [0.1, 0.15) is 0 Å². The van der Waals surface area contributed by atoms with Crippen LogP contribution < -0.4 is 5.32 Å². The molecule has 1 aromatic carbocycles. The first-order chi connectivity index (χ1) is 9.03. The molecular weight excluding hydrogens is 234 g/mol. The number of anilines is 1. The van der Waals surface area contributed by atoms with Crippen LogP contribution in [0.25, 0.3) is 10.9 Å². The van der Waals surface area contributed by atoms with Crippen molar-refractivity contribution in [3.8, 4) is 0 Å². The summed E-state index contributed by atoms with van der Waals surface area (Å²) in [6.45, 7) is 7.14. The van der Waals surface area contributed by atoms with Gasteiger partial charge in [-0.15, -0.1) is 0 Å². The number of nitrogens with one attached hydrogen (secondary N) is 2. The van der Waals surface area contributed by atoms with Gasteiger partial charge < -0.3 is 5.32 Å². The lowest BCUT2D eigenvalue weighted by Gasteiger charge is -2.39. The molecule has 2 aromatic rings. The van der Waals surface area contributed by atoms with E-state index in [1.807, 2.05) is 6.20 Å². The van der Waals surface area contributed by atoms with E-state index in [4.69, 9.17) is 0 Å². The van der Waals surface area contributed by atoms with Crippen molar-refractivity contribution >= 4 is 16.6 Å². The van der Waals surface area contributed by atoms with Crippen molar-refractivity contribution in [1.82, 2.24) is 10.2 Å². The zero-order valence-corrected chi connectivity index (χ0v) is 12.0.